The van der Waals surface area contributed by atoms with Gasteiger partial charge in [-0.15, -0.1) is 0 Å². The Kier molecular flexibility index (Phi) is 8.25. The Hall–Kier alpha value is -3.52. The fourth-order valence-electron chi connectivity index (χ4n) is 2.76. The summed E-state index contributed by atoms with van der Waals surface area (Å²) in [5.41, 5.74) is 2.14. The largest absolute Gasteiger partial charge is 0.506 e. The van der Waals surface area contributed by atoms with Crippen LogP contribution in [0.25, 0.3) is 6.08 Å². The SMILES string of the molecule is COc1cc(/C=C/C=C/C(=O)NCc2c(CO)cnc(C)c2O)cc(OC)c1OC. The van der Waals surface area contributed by atoms with E-state index in [2.05, 4.69) is 10.3 Å². The molecule has 0 aliphatic carbocycles. The molecule has 0 bridgehead atoms. The number of aromatic hydroxyl groups is 1. The molecule has 0 atom stereocenters. The number of benzene rings is 1. The molecule has 2 rings (SSSR count). The Morgan fingerprint density at radius 2 is 1.80 bits per heavy atom. The molecular formula is C22H26N2O6. The van der Waals surface area contributed by atoms with Crippen LogP contribution in [0.3, 0.4) is 0 Å². The molecule has 1 amide bonds. The van der Waals surface area contributed by atoms with Crippen LogP contribution in [0.2, 0.25) is 0 Å². The molecule has 160 valence electrons. The lowest BCUT2D eigenvalue weighted by Crippen LogP contribution is -2.21. The molecule has 8 nitrogen and oxygen atoms in total. The highest BCUT2D eigenvalue weighted by molar-refractivity contribution is 5.88. The zero-order chi connectivity index (χ0) is 22.1. The van der Waals surface area contributed by atoms with E-state index in [9.17, 15) is 15.0 Å². The Balaban J connectivity index is 2.03. The molecule has 0 radical (unpaired) electrons. The van der Waals surface area contributed by atoms with E-state index in [4.69, 9.17) is 14.2 Å². The lowest BCUT2D eigenvalue weighted by atomic mass is 10.1. The van der Waals surface area contributed by atoms with Crippen molar-refractivity contribution in [1.29, 1.82) is 0 Å². The third kappa shape index (κ3) is 5.51. The van der Waals surface area contributed by atoms with Crippen molar-refractivity contribution in [3.05, 3.63) is 58.9 Å². The summed E-state index contributed by atoms with van der Waals surface area (Å²) in [6.07, 6.45) is 7.91. The fraction of sp³-hybridized carbons (Fsp3) is 0.273. The molecule has 8 heteroatoms. The van der Waals surface area contributed by atoms with Crippen molar-refractivity contribution in [3.63, 3.8) is 0 Å². The van der Waals surface area contributed by atoms with Gasteiger partial charge in [0, 0.05) is 29.9 Å². The van der Waals surface area contributed by atoms with Gasteiger partial charge in [0.05, 0.1) is 33.6 Å². The van der Waals surface area contributed by atoms with Crippen LogP contribution in [-0.4, -0.2) is 42.4 Å². The van der Waals surface area contributed by atoms with Gasteiger partial charge in [0.15, 0.2) is 11.5 Å². The van der Waals surface area contributed by atoms with Gasteiger partial charge in [-0.1, -0.05) is 18.2 Å². The number of allylic oxidation sites excluding steroid dienone is 2. The highest BCUT2D eigenvalue weighted by Crippen LogP contribution is 2.38. The molecule has 0 saturated carbocycles. The van der Waals surface area contributed by atoms with Crippen molar-refractivity contribution < 1.29 is 29.2 Å². The van der Waals surface area contributed by atoms with Crippen molar-refractivity contribution in [2.75, 3.05) is 21.3 Å². The van der Waals surface area contributed by atoms with Crippen molar-refractivity contribution in [1.82, 2.24) is 10.3 Å². The minimum atomic E-state index is -0.345. The summed E-state index contributed by atoms with van der Waals surface area (Å²) >= 11 is 0. The van der Waals surface area contributed by atoms with Gasteiger partial charge in [-0.05, 0) is 24.6 Å². The molecule has 3 N–H and O–H groups in total. The molecule has 0 aliphatic rings. The number of aromatic nitrogens is 1. The molecule has 2 aromatic rings. The highest BCUT2D eigenvalue weighted by Gasteiger charge is 2.12. The standard InChI is InChI=1S/C22H26N2O6/c1-14-21(27)17(16(13-25)11-23-14)12-24-20(26)8-6-5-7-15-9-18(28-2)22(30-4)19(10-15)29-3/h5-11,25,27H,12-13H2,1-4H3,(H,24,26)/b7-5+,8-6+. The van der Waals surface area contributed by atoms with Crippen LogP contribution in [-0.2, 0) is 17.9 Å². The summed E-state index contributed by atoms with van der Waals surface area (Å²) in [4.78, 5) is 16.1. The van der Waals surface area contributed by atoms with E-state index in [0.717, 1.165) is 5.56 Å². The quantitative estimate of drug-likeness (QED) is 0.427. The zero-order valence-corrected chi connectivity index (χ0v) is 17.4. The number of hydrogen-bond donors (Lipinski definition) is 3. The monoisotopic (exact) mass is 414 g/mol. The molecule has 30 heavy (non-hydrogen) atoms. The molecule has 0 fully saturated rings. The minimum absolute atomic E-state index is 0.0341. The van der Waals surface area contributed by atoms with E-state index >= 15 is 0 Å². The summed E-state index contributed by atoms with van der Waals surface area (Å²) in [5.74, 6) is 1.19. The number of aliphatic hydroxyl groups excluding tert-OH is 1. The van der Waals surface area contributed by atoms with Gasteiger partial charge in [-0.25, -0.2) is 0 Å². The number of hydrogen-bond acceptors (Lipinski definition) is 7. The van der Waals surface area contributed by atoms with Crippen LogP contribution in [0, 0.1) is 6.92 Å². The number of methoxy groups -OCH3 is 3. The first-order chi connectivity index (χ1) is 14.4. The Morgan fingerprint density at radius 3 is 2.37 bits per heavy atom. The summed E-state index contributed by atoms with van der Waals surface area (Å²) in [7, 11) is 4.62. The van der Waals surface area contributed by atoms with Gasteiger partial charge in [-0.3, -0.25) is 9.78 Å². The fourth-order valence-corrected chi connectivity index (χ4v) is 2.76. The van der Waals surface area contributed by atoms with Crippen LogP contribution in [0.5, 0.6) is 23.0 Å². The maximum Gasteiger partial charge on any atom is 0.244 e. The first-order valence-electron chi connectivity index (χ1n) is 9.14. The Morgan fingerprint density at radius 1 is 1.13 bits per heavy atom. The number of pyridine rings is 1. The van der Waals surface area contributed by atoms with Crippen molar-refractivity contribution in [3.8, 4) is 23.0 Å². The number of carbonyl (C=O) groups excluding carboxylic acids is 1. The number of nitrogens with one attached hydrogen (secondary N) is 1. The molecule has 0 unspecified atom stereocenters. The number of rotatable bonds is 9. The minimum Gasteiger partial charge on any atom is -0.506 e. The van der Waals surface area contributed by atoms with Crippen LogP contribution in [0.15, 0.2) is 36.6 Å². The molecule has 1 aromatic carbocycles. The van der Waals surface area contributed by atoms with Crippen LogP contribution in [0.4, 0.5) is 0 Å². The van der Waals surface area contributed by atoms with Gasteiger partial charge in [0.1, 0.15) is 5.75 Å². The number of ether oxygens (including phenoxy) is 3. The van der Waals surface area contributed by atoms with E-state index in [1.54, 1.807) is 51.5 Å². The first-order valence-corrected chi connectivity index (χ1v) is 9.14. The number of aryl methyl sites for hydroxylation is 1. The first kappa shape index (κ1) is 22.8. The van der Waals surface area contributed by atoms with E-state index in [0.29, 0.717) is 34.1 Å². The lowest BCUT2D eigenvalue weighted by molar-refractivity contribution is -0.116. The topological polar surface area (TPSA) is 110 Å². The zero-order valence-electron chi connectivity index (χ0n) is 17.4. The smallest absolute Gasteiger partial charge is 0.244 e. The molecule has 0 aliphatic heterocycles. The van der Waals surface area contributed by atoms with Gasteiger partial charge in [-0.2, -0.15) is 0 Å². The second-order valence-electron chi connectivity index (χ2n) is 6.25. The Labute approximate surface area is 175 Å². The second-order valence-corrected chi connectivity index (χ2v) is 6.25. The second kappa shape index (κ2) is 10.9. The highest BCUT2D eigenvalue weighted by atomic mass is 16.5. The maximum absolute atomic E-state index is 12.1. The van der Waals surface area contributed by atoms with E-state index in [-0.39, 0.29) is 24.8 Å². The normalized spacial score (nSPS) is 11.1. The predicted molar refractivity (Wildman–Crippen MR) is 113 cm³/mol. The third-order valence-corrected chi connectivity index (χ3v) is 4.37. The predicted octanol–water partition coefficient (Wildman–Crippen LogP) is 2.50. The van der Waals surface area contributed by atoms with E-state index in [1.165, 1.54) is 19.4 Å². The summed E-state index contributed by atoms with van der Waals surface area (Å²) in [6, 6.07) is 3.58. The molecule has 1 aromatic heterocycles. The number of amides is 1. The molecule has 0 saturated heterocycles. The third-order valence-electron chi connectivity index (χ3n) is 4.37. The van der Waals surface area contributed by atoms with Crippen molar-refractivity contribution in [2.24, 2.45) is 0 Å². The van der Waals surface area contributed by atoms with Crippen LogP contribution < -0.4 is 19.5 Å². The van der Waals surface area contributed by atoms with E-state index < -0.39 is 0 Å². The summed E-state index contributed by atoms with van der Waals surface area (Å²) in [6.45, 7) is 1.44. The molecular weight excluding hydrogens is 388 g/mol. The maximum atomic E-state index is 12.1. The van der Waals surface area contributed by atoms with Gasteiger partial charge in [0.25, 0.3) is 0 Å². The molecule has 0 spiro atoms. The van der Waals surface area contributed by atoms with Gasteiger partial charge in [0.2, 0.25) is 11.7 Å². The van der Waals surface area contributed by atoms with Crippen LogP contribution >= 0.6 is 0 Å². The van der Waals surface area contributed by atoms with Crippen LogP contribution in [0.1, 0.15) is 22.4 Å². The summed E-state index contributed by atoms with van der Waals surface area (Å²) in [5, 5.41) is 22.2. The molecule has 1 heterocycles. The number of aliphatic hydroxyl groups is 1. The lowest BCUT2D eigenvalue weighted by Gasteiger charge is -2.12. The number of carbonyl (C=O) groups is 1. The average molecular weight is 414 g/mol. The number of nitrogens with zero attached hydrogens (tertiary/aromatic N) is 1. The van der Waals surface area contributed by atoms with Crippen molar-refractivity contribution >= 4 is 12.0 Å². The van der Waals surface area contributed by atoms with Gasteiger partial charge >= 0.3 is 0 Å². The summed E-state index contributed by atoms with van der Waals surface area (Å²) < 4.78 is 15.9. The average Bonchev–Trinajstić information content (AvgIpc) is 2.76. The van der Waals surface area contributed by atoms with Crippen molar-refractivity contribution in [2.45, 2.75) is 20.1 Å². The Bertz CT molecular complexity index is 928. The van der Waals surface area contributed by atoms with E-state index in [1.807, 2.05) is 0 Å². The van der Waals surface area contributed by atoms with Gasteiger partial charge < -0.3 is 29.7 Å².